The second kappa shape index (κ2) is 13.8. The Morgan fingerprint density at radius 3 is 2.12 bits per heavy atom. The first kappa shape index (κ1) is 31.2. The molecule has 1 N–H and O–H groups in total. The number of allylic oxidation sites excluding steroid dienone is 5. The summed E-state index contributed by atoms with van der Waals surface area (Å²) in [5, 5.41) is 10.8. The lowest BCUT2D eigenvalue weighted by atomic mass is 10.1. The summed E-state index contributed by atoms with van der Waals surface area (Å²) in [6.07, 6.45) is 10.3. The highest BCUT2D eigenvalue weighted by Gasteiger charge is 2.34. The number of phenols is 1. The molecule has 218 valence electrons. The molecule has 0 radical (unpaired) electrons. The number of rotatable bonds is 10. The third kappa shape index (κ3) is 8.10. The van der Waals surface area contributed by atoms with Crippen molar-refractivity contribution >= 4 is 34.9 Å². The molecular weight excluding hydrogens is 520 g/mol. The van der Waals surface area contributed by atoms with E-state index in [1.54, 1.807) is 35.0 Å². The van der Waals surface area contributed by atoms with E-state index >= 15 is 0 Å². The van der Waals surface area contributed by atoms with E-state index in [4.69, 9.17) is 9.47 Å². The maximum atomic E-state index is 14.0. The number of ether oxygens (including phenoxy) is 2. The average Bonchev–Trinajstić information content (AvgIpc) is 2.95. The predicted octanol–water partition coefficient (Wildman–Crippen LogP) is 7.39. The lowest BCUT2D eigenvalue weighted by molar-refractivity contribution is -0.132. The van der Waals surface area contributed by atoms with Gasteiger partial charge in [-0.25, -0.2) is 0 Å². The van der Waals surface area contributed by atoms with Gasteiger partial charge in [0.25, 0.3) is 5.91 Å². The molecule has 8 heteroatoms. The zero-order valence-corrected chi connectivity index (χ0v) is 25.0. The van der Waals surface area contributed by atoms with Crippen LogP contribution in [0.5, 0.6) is 17.2 Å². The second-order valence-electron chi connectivity index (χ2n) is 10.6. The predicted molar refractivity (Wildman–Crippen MR) is 162 cm³/mol. The number of hydrogen-bond acceptors (Lipinski definition) is 7. The van der Waals surface area contributed by atoms with E-state index in [1.807, 2.05) is 13.0 Å². The number of amides is 1. The van der Waals surface area contributed by atoms with Crippen molar-refractivity contribution in [3.05, 3.63) is 70.8 Å². The Balaban J connectivity index is 2.01. The number of nitrogens with zero attached hydrogens (tertiary/aromatic N) is 2. The first-order valence-electron chi connectivity index (χ1n) is 13.8. The number of fused-ring (bicyclic) bond motifs is 2. The number of carbonyl (C=O) groups excluding carboxylic acids is 3. The van der Waals surface area contributed by atoms with Crippen molar-refractivity contribution in [1.82, 2.24) is 0 Å². The van der Waals surface area contributed by atoms with Gasteiger partial charge in [-0.1, -0.05) is 41.0 Å². The van der Waals surface area contributed by atoms with Crippen molar-refractivity contribution in [3.8, 4) is 17.2 Å². The fraction of sp³-hybridized carbons (Fsp3) is 0.364. The summed E-state index contributed by atoms with van der Waals surface area (Å²) in [5.41, 5.74) is 5.11. The van der Waals surface area contributed by atoms with Crippen LogP contribution in [0.4, 0.5) is 17.1 Å². The third-order valence-electron chi connectivity index (χ3n) is 6.74. The van der Waals surface area contributed by atoms with Crippen LogP contribution >= 0.6 is 0 Å². The highest BCUT2D eigenvalue weighted by molar-refractivity contribution is 6.15. The quantitative estimate of drug-likeness (QED) is 0.184. The molecule has 0 aliphatic carbocycles. The smallest absolute Gasteiger partial charge is 0.308 e. The van der Waals surface area contributed by atoms with Gasteiger partial charge in [0.05, 0.1) is 16.9 Å². The maximum Gasteiger partial charge on any atom is 0.308 e. The molecule has 1 aliphatic rings. The minimum absolute atomic E-state index is 0.0945. The summed E-state index contributed by atoms with van der Waals surface area (Å²) in [4.78, 5) is 41.0. The number of para-hydroxylation sites is 1. The van der Waals surface area contributed by atoms with E-state index in [2.05, 4.69) is 32.9 Å². The Morgan fingerprint density at radius 2 is 1.49 bits per heavy atom. The summed E-state index contributed by atoms with van der Waals surface area (Å²) in [6, 6.07) is 7.75. The molecule has 0 atom stereocenters. The molecule has 8 nitrogen and oxygen atoms in total. The van der Waals surface area contributed by atoms with Crippen LogP contribution in [0.25, 0.3) is 0 Å². The van der Waals surface area contributed by atoms with Gasteiger partial charge in [-0.05, 0) is 65.5 Å². The van der Waals surface area contributed by atoms with E-state index in [0.717, 1.165) is 31.3 Å². The van der Waals surface area contributed by atoms with Crippen molar-refractivity contribution in [1.29, 1.82) is 0 Å². The average molecular weight is 561 g/mol. The van der Waals surface area contributed by atoms with E-state index in [0.29, 0.717) is 11.4 Å². The summed E-state index contributed by atoms with van der Waals surface area (Å²) in [6.45, 7) is 11.1. The van der Waals surface area contributed by atoms with Gasteiger partial charge in [-0.2, -0.15) is 0 Å². The van der Waals surface area contributed by atoms with Crippen molar-refractivity contribution in [2.75, 3.05) is 23.4 Å². The number of phenolic OH excluding ortho intramolecular Hbond substituents is 1. The molecule has 0 saturated heterocycles. The molecule has 0 unspecified atom stereocenters. The lowest BCUT2D eigenvalue weighted by Crippen LogP contribution is -2.30. The van der Waals surface area contributed by atoms with E-state index in [-0.39, 0.29) is 41.0 Å². The topological polar surface area (TPSA) is 96.4 Å². The first-order chi connectivity index (χ1) is 19.4. The molecule has 0 spiro atoms. The molecule has 41 heavy (non-hydrogen) atoms. The van der Waals surface area contributed by atoms with Gasteiger partial charge in [0.1, 0.15) is 17.2 Å². The van der Waals surface area contributed by atoms with Crippen molar-refractivity contribution in [2.45, 2.75) is 67.2 Å². The minimum Gasteiger partial charge on any atom is -0.506 e. The summed E-state index contributed by atoms with van der Waals surface area (Å²) < 4.78 is 10.9. The Labute approximate surface area is 242 Å². The fourth-order valence-corrected chi connectivity index (χ4v) is 4.76. The zero-order chi connectivity index (χ0) is 30.3. The molecule has 1 aliphatic heterocycles. The van der Waals surface area contributed by atoms with Crippen LogP contribution in [0.2, 0.25) is 0 Å². The van der Waals surface area contributed by atoms with Crippen LogP contribution in [0.1, 0.15) is 77.6 Å². The molecule has 3 rings (SSSR count). The van der Waals surface area contributed by atoms with E-state index < -0.39 is 11.9 Å². The third-order valence-corrected chi connectivity index (χ3v) is 6.74. The highest BCUT2D eigenvalue weighted by Crippen LogP contribution is 2.50. The van der Waals surface area contributed by atoms with Gasteiger partial charge in [-0.15, -0.1) is 0 Å². The lowest BCUT2D eigenvalue weighted by Gasteiger charge is -2.26. The number of aromatic hydroxyl groups is 1. The minimum atomic E-state index is -0.583. The number of hydrogen-bond donors (Lipinski definition) is 1. The SMILES string of the molecule is CC(=O)Oc1cc(OC(C)=O)c2c(c1)N(CC=C(C)CCC=C(C)CCC=C(C)C)C(=O)c1cccc(O)c1N2C. The molecule has 1 amide bonds. The summed E-state index contributed by atoms with van der Waals surface area (Å²) in [7, 11) is 1.68. The highest BCUT2D eigenvalue weighted by atomic mass is 16.5. The number of anilines is 3. The van der Waals surface area contributed by atoms with Gasteiger partial charge in [0.15, 0.2) is 5.75 Å². The number of esters is 2. The van der Waals surface area contributed by atoms with Crippen molar-refractivity contribution < 1.29 is 29.0 Å². The largest absolute Gasteiger partial charge is 0.506 e. The molecule has 0 aromatic heterocycles. The monoisotopic (exact) mass is 560 g/mol. The van der Waals surface area contributed by atoms with Crippen LogP contribution < -0.4 is 19.3 Å². The Morgan fingerprint density at radius 1 is 0.854 bits per heavy atom. The van der Waals surface area contributed by atoms with Crippen molar-refractivity contribution in [2.24, 2.45) is 0 Å². The molecule has 2 aromatic rings. The normalized spacial score (nSPS) is 13.3. The maximum absolute atomic E-state index is 14.0. The first-order valence-corrected chi connectivity index (χ1v) is 13.8. The van der Waals surface area contributed by atoms with Gasteiger partial charge >= 0.3 is 11.9 Å². The van der Waals surface area contributed by atoms with Crippen molar-refractivity contribution in [3.63, 3.8) is 0 Å². The Hall–Kier alpha value is -4.33. The molecular formula is C33H40N2O6. The van der Waals surface area contributed by atoms with Crippen LogP contribution in [0.15, 0.2) is 65.3 Å². The molecule has 0 fully saturated rings. The Kier molecular flexibility index (Phi) is 10.5. The zero-order valence-electron chi connectivity index (χ0n) is 25.0. The fourth-order valence-electron chi connectivity index (χ4n) is 4.76. The van der Waals surface area contributed by atoms with Gasteiger partial charge in [0.2, 0.25) is 0 Å². The van der Waals surface area contributed by atoms with Gasteiger partial charge in [0, 0.05) is 39.6 Å². The molecule has 2 aromatic carbocycles. The summed E-state index contributed by atoms with van der Waals surface area (Å²) >= 11 is 0. The van der Waals surface area contributed by atoms with Gasteiger partial charge < -0.3 is 24.4 Å². The summed E-state index contributed by atoms with van der Waals surface area (Å²) in [5.74, 6) is -1.36. The number of carbonyl (C=O) groups is 3. The Bertz CT molecular complexity index is 1420. The van der Waals surface area contributed by atoms with Crippen LogP contribution in [-0.4, -0.2) is 36.5 Å². The van der Waals surface area contributed by atoms with Crippen LogP contribution in [0.3, 0.4) is 0 Å². The number of benzene rings is 2. The van der Waals surface area contributed by atoms with E-state index in [9.17, 15) is 19.5 Å². The molecule has 0 bridgehead atoms. The van der Waals surface area contributed by atoms with E-state index in [1.165, 1.54) is 37.1 Å². The van der Waals surface area contributed by atoms with Crippen LogP contribution in [0, 0.1) is 0 Å². The molecule has 1 heterocycles. The second-order valence-corrected chi connectivity index (χ2v) is 10.6. The standard InChI is InChI=1S/C33H40N2O6/c1-21(2)11-8-12-22(3)13-9-14-23(4)17-18-35-28-19-26(40-24(5)36)20-30(41-25(6)37)32(28)34(7)31-27(33(35)39)15-10-16-29(31)38/h10-11,13,15-17,19-20,38H,8-9,12,14,18H2,1-7H3. The van der Waals surface area contributed by atoms with Crippen LogP contribution in [-0.2, 0) is 9.59 Å². The van der Waals surface area contributed by atoms with Gasteiger partial charge in [-0.3, -0.25) is 14.4 Å². The molecule has 0 saturated carbocycles.